The lowest BCUT2D eigenvalue weighted by Crippen LogP contribution is -1.91. The van der Waals surface area contributed by atoms with Crippen molar-refractivity contribution in [3.8, 4) is 0 Å². The summed E-state index contributed by atoms with van der Waals surface area (Å²) in [4.78, 5) is 0. The predicted octanol–water partition coefficient (Wildman–Crippen LogP) is 3.44. The maximum Gasteiger partial charge on any atom is 0.0723 e. The Labute approximate surface area is 82.0 Å². The molecule has 0 radical (unpaired) electrons. The molecule has 1 aromatic heterocycles. The predicted molar refractivity (Wildman–Crippen MR) is 57.2 cm³/mol. The molecule has 2 heteroatoms. The zero-order valence-electron chi connectivity index (χ0n) is 7.62. The molecule has 0 bridgehead atoms. The molecule has 1 heterocycles. The van der Waals surface area contributed by atoms with E-state index in [1.165, 1.54) is 15.6 Å². The fraction of sp³-hybridized carbons (Fsp3) is 0.273. The van der Waals surface area contributed by atoms with Crippen molar-refractivity contribution in [1.29, 1.82) is 0 Å². The van der Waals surface area contributed by atoms with Crippen LogP contribution in [-0.4, -0.2) is 6.61 Å². The molecule has 2 rings (SSSR count). The summed E-state index contributed by atoms with van der Waals surface area (Å²) in [6.07, 6.45) is 0. The van der Waals surface area contributed by atoms with Gasteiger partial charge in [-0.3, -0.25) is 0 Å². The molecule has 1 aromatic carbocycles. The number of ether oxygens (including phenoxy) is 1. The first-order valence-corrected chi connectivity index (χ1v) is 5.32. The Morgan fingerprint density at radius 3 is 3.08 bits per heavy atom. The van der Waals surface area contributed by atoms with Gasteiger partial charge in [0, 0.05) is 11.3 Å². The summed E-state index contributed by atoms with van der Waals surface area (Å²) in [5.74, 6) is 0. The van der Waals surface area contributed by atoms with Crippen LogP contribution in [-0.2, 0) is 11.3 Å². The highest BCUT2D eigenvalue weighted by atomic mass is 32.1. The second-order valence-electron chi connectivity index (χ2n) is 2.89. The highest BCUT2D eigenvalue weighted by Gasteiger charge is 2.00. The molecule has 0 amide bonds. The first kappa shape index (κ1) is 8.73. The van der Waals surface area contributed by atoms with Gasteiger partial charge >= 0.3 is 0 Å². The zero-order valence-corrected chi connectivity index (χ0v) is 8.43. The normalized spacial score (nSPS) is 10.8. The molecular formula is C11H12OS. The summed E-state index contributed by atoms with van der Waals surface area (Å²) in [6.45, 7) is 3.53. The molecule has 0 aliphatic carbocycles. The third-order valence-electron chi connectivity index (χ3n) is 2.05. The van der Waals surface area contributed by atoms with E-state index in [0.29, 0.717) is 0 Å². The van der Waals surface area contributed by atoms with Crippen LogP contribution in [0.1, 0.15) is 12.5 Å². The van der Waals surface area contributed by atoms with Gasteiger partial charge in [0.15, 0.2) is 0 Å². The maximum atomic E-state index is 5.40. The minimum absolute atomic E-state index is 0.727. The quantitative estimate of drug-likeness (QED) is 0.724. The fourth-order valence-electron chi connectivity index (χ4n) is 1.39. The molecule has 0 fully saturated rings. The average molecular weight is 192 g/mol. The maximum absolute atomic E-state index is 5.40. The van der Waals surface area contributed by atoms with Crippen LogP contribution in [0, 0.1) is 0 Å². The molecule has 0 unspecified atom stereocenters. The lowest BCUT2D eigenvalue weighted by atomic mass is 10.1. The summed E-state index contributed by atoms with van der Waals surface area (Å²) in [5.41, 5.74) is 1.29. The molecule has 0 saturated carbocycles. The lowest BCUT2D eigenvalue weighted by Gasteiger charge is -2.02. The summed E-state index contributed by atoms with van der Waals surface area (Å²) < 4.78 is 6.75. The van der Waals surface area contributed by atoms with E-state index in [1.807, 2.05) is 6.92 Å². The van der Waals surface area contributed by atoms with Crippen molar-refractivity contribution in [2.45, 2.75) is 13.5 Å². The van der Waals surface area contributed by atoms with Crippen LogP contribution in [0.25, 0.3) is 10.1 Å². The third-order valence-corrected chi connectivity index (χ3v) is 2.93. The minimum Gasteiger partial charge on any atom is -0.377 e. The first-order valence-electron chi connectivity index (χ1n) is 4.44. The van der Waals surface area contributed by atoms with Crippen LogP contribution in [0.3, 0.4) is 0 Å². The Balaban J connectivity index is 2.37. The Hall–Kier alpha value is -0.860. The van der Waals surface area contributed by atoms with Gasteiger partial charge in [0.05, 0.1) is 6.61 Å². The van der Waals surface area contributed by atoms with E-state index in [4.69, 9.17) is 4.74 Å². The van der Waals surface area contributed by atoms with Gasteiger partial charge in [-0.15, -0.1) is 11.3 Å². The molecule has 0 spiro atoms. The SMILES string of the molecule is CCOCc1cccc2sccc12. The van der Waals surface area contributed by atoms with Gasteiger partial charge in [0.1, 0.15) is 0 Å². The molecule has 0 saturated heterocycles. The van der Waals surface area contributed by atoms with Crippen LogP contribution in [0.2, 0.25) is 0 Å². The summed E-state index contributed by atoms with van der Waals surface area (Å²) in [6, 6.07) is 8.53. The molecule has 0 aliphatic rings. The van der Waals surface area contributed by atoms with Crippen molar-refractivity contribution >= 4 is 21.4 Å². The van der Waals surface area contributed by atoms with Crippen molar-refractivity contribution in [1.82, 2.24) is 0 Å². The summed E-state index contributed by atoms with van der Waals surface area (Å²) in [7, 11) is 0. The highest BCUT2D eigenvalue weighted by molar-refractivity contribution is 7.17. The first-order chi connectivity index (χ1) is 6.42. The largest absolute Gasteiger partial charge is 0.377 e. The average Bonchev–Trinajstić information content (AvgIpc) is 2.62. The molecule has 0 atom stereocenters. The van der Waals surface area contributed by atoms with E-state index < -0.39 is 0 Å². The van der Waals surface area contributed by atoms with Gasteiger partial charge in [0.25, 0.3) is 0 Å². The Kier molecular flexibility index (Phi) is 2.62. The standard InChI is InChI=1S/C11H12OS/c1-2-12-8-9-4-3-5-11-10(9)6-7-13-11/h3-7H,2,8H2,1H3. The molecular weight excluding hydrogens is 180 g/mol. The fourth-order valence-corrected chi connectivity index (χ4v) is 2.23. The highest BCUT2D eigenvalue weighted by Crippen LogP contribution is 2.24. The zero-order chi connectivity index (χ0) is 9.10. The molecule has 2 aromatic rings. The van der Waals surface area contributed by atoms with Gasteiger partial charge in [-0.1, -0.05) is 12.1 Å². The second kappa shape index (κ2) is 3.90. The third kappa shape index (κ3) is 1.74. The molecule has 1 nitrogen and oxygen atoms in total. The van der Waals surface area contributed by atoms with Gasteiger partial charge in [-0.2, -0.15) is 0 Å². The molecule has 13 heavy (non-hydrogen) atoms. The van der Waals surface area contributed by atoms with Crippen molar-refractivity contribution < 1.29 is 4.74 Å². The van der Waals surface area contributed by atoms with Gasteiger partial charge in [-0.05, 0) is 35.4 Å². The van der Waals surface area contributed by atoms with Gasteiger partial charge in [0.2, 0.25) is 0 Å². The topological polar surface area (TPSA) is 9.23 Å². The number of fused-ring (bicyclic) bond motifs is 1. The second-order valence-corrected chi connectivity index (χ2v) is 3.83. The van der Waals surface area contributed by atoms with E-state index in [-0.39, 0.29) is 0 Å². The number of thiophene rings is 1. The number of hydrogen-bond donors (Lipinski definition) is 0. The lowest BCUT2D eigenvalue weighted by molar-refractivity contribution is 0.135. The smallest absolute Gasteiger partial charge is 0.0723 e. The van der Waals surface area contributed by atoms with Crippen LogP contribution in [0.5, 0.6) is 0 Å². The van der Waals surface area contributed by atoms with Crippen LogP contribution in [0.15, 0.2) is 29.6 Å². The van der Waals surface area contributed by atoms with Gasteiger partial charge in [-0.25, -0.2) is 0 Å². The number of benzene rings is 1. The van der Waals surface area contributed by atoms with Crippen molar-refractivity contribution in [2.75, 3.05) is 6.61 Å². The van der Waals surface area contributed by atoms with E-state index in [0.717, 1.165) is 13.2 Å². The van der Waals surface area contributed by atoms with Crippen LogP contribution >= 0.6 is 11.3 Å². The van der Waals surface area contributed by atoms with Crippen LogP contribution in [0.4, 0.5) is 0 Å². The molecule has 68 valence electrons. The summed E-state index contributed by atoms with van der Waals surface area (Å²) >= 11 is 1.78. The van der Waals surface area contributed by atoms with E-state index >= 15 is 0 Å². The van der Waals surface area contributed by atoms with Crippen molar-refractivity contribution in [2.24, 2.45) is 0 Å². The van der Waals surface area contributed by atoms with Gasteiger partial charge < -0.3 is 4.74 Å². The Morgan fingerprint density at radius 2 is 2.23 bits per heavy atom. The van der Waals surface area contributed by atoms with Crippen molar-refractivity contribution in [3.63, 3.8) is 0 Å². The summed E-state index contributed by atoms with van der Waals surface area (Å²) in [5, 5.41) is 3.46. The number of hydrogen-bond acceptors (Lipinski definition) is 2. The Bertz CT molecular complexity index is 392. The van der Waals surface area contributed by atoms with Crippen LogP contribution < -0.4 is 0 Å². The van der Waals surface area contributed by atoms with E-state index in [9.17, 15) is 0 Å². The van der Waals surface area contributed by atoms with Crippen molar-refractivity contribution in [3.05, 3.63) is 35.2 Å². The van der Waals surface area contributed by atoms with E-state index in [2.05, 4.69) is 29.6 Å². The monoisotopic (exact) mass is 192 g/mol. The Morgan fingerprint density at radius 1 is 1.31 bits per heavy atom. The number of rotatable bonds is 3. The van der Waals surface area contributed by atoms with E-state index in [1.54, 1.807) is 11.3 Å². The molecule has 0 aliphatic heterocycles. The molecule has 0 N–H and O–H groups in total. The minimum atomic E-state index is 0.727.